The molecule has 0 saturated carbocycles. The van der Waals surface area contributed by atoms with E-state index in [0.29, 0.717) is 11.0 Å². The molecule has 2 amide bonds. The third kappa shape index (κ3) is 9.89. The van der Waals surface area contributed by atoms with Crippen LogP contribution in [0.2, 0.25) is 0 Å². The first-order valence-electron chi connectivity index (χ1n) is 14.5. The van der Waals surface area contributed by atoms with Gasteiger partial charge in [-0.15, -0.1) is 0 Å². The molecule has 0 spiro atoms. The van der Waals surface area contributed by atoms with Gasteiger partial charge in [0.15, 0.2) is 0 Å². The number of nitrogens with one attached hydrogen (secondary N) is 1. The van der Waals surface area contributed by atoms with Gasteiger partial charge in [-0.25, -0.2) is 13.4 Å². The van der Waals surface area contributed by atoms with Crippen molar-refractivity contribution in [3.05, 3.63) is 66.4 Å². The van der Waals surface area contributed by atoms with Crippen LogP contribution in [0.3, 0.4) is 0 Å². The normalized spacial score (nSPS) is 13.9. The third-order valence-electron chi connectivity index (χ3n) is 6.74. The Morgan fingerprint density at radius 2 is 1.67 bits per heavy atom. The molecule has 0 aliphatic carbocycles. The van der Waals surface area contributed by atoms with Crippen molar-refractivity contribution < 1.29 is 27.5 Å². The summed E-state index contributed by atoms with van der Waals surface area (Å²) in [5.41, 5.74) is 3.73. The van der Waals surface area contributed by atoms with Crippen LogP contribution in [0.15, 0.2) is 70.2 Å². The highest BCUT2D eigenvalue weighted by molar-refractivity contribution is 7.89. The van der Waals surface area contributed by atoms with Crippen LogP contribution in [-0.2, 0) is 26.0 Å². The summed E-state index contributed by atoms with van der Waals surface area (Å²) in [6.45, 7) is 9.43. The van der Waals surface area contributed by atoms with E-state index in [4.69, 9.17) is 4.42 Å². The molecule has 1 heterocycles. The topological polar surface area (TPSA) is 123 Å². The Bertz CT molecular complexity index is 1460. The van der Waals surface area contributed by atoms with Crippen LogP contribution in [0.5, 0.6) is 0 Å². The van der Waals surface area contributed by atoms with Gasteiger partial charge in [0.2, 0.25) is 15.9 Å². The highest BCUT2D eigenvalue weighted by Crippen LogP contribution is 2.26. The molecule has 2 N–H and O–H groups in total. The number of hydrazine groups is 1. The molecular formula is C32H46N4O6S. The molecule has 2 atom stereocenters. The quantitative estimate of drug-likeness (QED) is 0.280. The summed E-state index contributed by atoms with van der Waals surface area (Å²) in [5, 5.41) is 13.7. The van der Waals surface area contributed by atoms with Crippen molar-refractivity contribution in [2.75, 3.05) is 33.7 Å². The fourth-order valence-corrected chi connectivity index (χ4v) is 6.50. The Morgan fingerprint density at radius 3 is 2.28 bits per heavy atom. The van der Waals surface area contributed by atoms with Gasteiger partial charge in [-0.05, 0) is 61.7 Å². The van der Waals surface area contributed by atoms with E-state index >= 15 is 0 Å². The number of hydrogen-bond acceptors (Lipinski definition) is 7. The maximum Gasteiger partial charge on any atom is 0.252 e. The van der Waals surface area contributed by atoms with Crippen molar-refractivity contribution in [1.82, 2.24) is 19.6 Å². The number of furan rings is 1. The molecule has 0 aliphatic rings. The fourth-order valence-electron chi connectivity index (χ4n) is 4.84. The van der Waals surface area contributed by atoms with Gasteiger partial charge in [0, 0.05) is 24.9 Å². The van der Waals surface area contributed by atoms with E-state index in [-0.39, 0.29) is 49.2 Å². The molecule has 0 saturated heterocycles. The Balaban J connectivity index is 2.03. The lowest BCUT2D eigenvalue weighted by Crippen LogP contribution is -2.60. The van der Waals surface area contributed by atoms with Crippen LogP contribution in [-0.4, -0.2) is 85.4 Å². The van der Waals surface area contributed by atoms with Crippen molar-refractivity contribution in [1.29, 1.82) is 0 Å². The molecule has 0 radical (unpaired) electrons. The lowest BCUT2D eigenvalue weighted by molar-refractivity contribution is -0.149. The van der Waals surface area contributed by atoms with Crippen molar-refractivity contribution in [2.45, 2.75) is 64.5 Å². The number of sulfonamides is 1. The molecule has 236 valence electrons. The Morgan fingerprint density at radius 1 is 1.00 bits per heavy atom. The monoisotopic (exact) mass is 614 g/mol. The zero-order valence-electron chi connectivity index (χ0n) is 26.3. The molecule has 11 heteroatoms. The Hall–Kier alpha value is -3.25. The molecule has 2 aromatic carbocycles. The molecule has 43 heavy (non-hydrogen) atoms. The molecule has 0 fully saturated rings. The summed E-state index contributed by atoms with van der Waals surface area (Å²) in [6, 6.07) is 14.7. The highest BCUT2D eigenvalue weighted by atomic mass is 32.2. The van der Waals surface area contributed by atoms with Gasteiger partial charge in [-0.2, -0.15) is 4.31 Å². The minimum absolute atomic E-state index is 0.0256. The second-order valence-electron chi connectivity index (χ2n) is 12.9. The van der Waals surface area contributed by atoms with E-state index in [1.54, 1.807) is 37.2 Å². The standard InChI is InChI=1S/C32H46N4O6S/c1-23(2)20-35(43(40,41)26-13-14-29-25(18-26)15-16-42-29)21-28(37)27(17-24-11-9-8-10-12-24)36(31(39)19-32(3,4)5)33-30(38)22-34(6)7/h8-16,18,23,27-28,37H,17,19-22H2,1-7H3,(H,33,38)/t27?,28-/m1/s1. The van der Waals surface area contributed by atoms with Crippen LogP contribution < -0.4 is 5.43 Å². The molecular weight excluding hydrogens is 568 g/mol. The van der Waals surface area contributed by atoms with Crippen LogP contribution in [0, 0.1) is 11.3 Å². The fraction of sp³-hybridized carbons (Fsp3) is 0.500. The van der Waals surface area contributed by atoms with Gasteiger partial charge < -0.3 is 14.4 Å². The summed E-state index contributed by atoms with van der Waals surface area (Å²) in [6.07, 6.45) is 0.455. The second-order valence-corrected chi connectivity index (χ2v) is 14.9. The van der Waals surface area contributed by atoms with Crippen molar-refractivity contribution in [2.24, 2.45) is 11.3 Å². The van der Waals surface area contributed by atoms with E-state index in [1.165, 1.54) is 21.6 Å². The number of carbonyl (C=O) groups excluding carboxylic acids is 2. The first-order valence-corrected chi connectivity index (χ1v) is 16.0. The molecule has 1 unspecified atom stereocenters. The SMILES string of the molecule is CC(C)CN(C[C@@H](O)C(Cc1ccccc1)N(NC(=O)CN(C)C)C(=O)CC(C)(C)C)S(=O)(=O)c1ccc2occc2c1. The number of amides is 2. The average Bonchev–Trinajstić information content (AvgIpc) is 3.37. The number of benzene rings is 2. The smallest absolute Gasteiger partial charge is 0.252 e. The van der Waals surface area contributed by atoms with Crippen molar-refractivity contribution in [3.63, 3.8) is 0 Å². The van der Waals surface area contributed by atoms with Crippen LogP contribution in [0.4, 0.5) is 0 Å². The van der Waals surface area contributed by atoms with E-state index in [2.05, 4.69) is 5.43 Å². The predicted molar refractivity (Wildman–Crippen MR) is 167 cm³/mol. The van der Waals surface area contributed by atoms with Gasteiger partial charge in [-0.1, -0.05) is 65.0 Å². The van der Waals surface area contributed by atoms with Gasteiger partial charge in [0.25, 0.3) is 5.91 Å². The number of nitrogens with zero attached hydrogens (tertiary/aromatic N) is 3. The first kappa shape index (κ1) is 34.2. The van der Waals surface area contributed by atoms with E-state index < -0.39 is 33.5 Å². The maximum atomic E-state index is 14.0. The average molecular weight is 615 g/mol. The molecule has 3 aromatic rings. The van der Waals surface area contributed by atoms with Crippen LogP contribution in [0.25, 0.3) is 11.0 Å². The van der Waals surface area contributed by atoms with Gasteiger partial charge in [0.1, 0.15) is 5.58 Å². The number of fused-ring (bicyclic) bond motifs is 1. The summed E-state index contributed by atoms with van der Waals surface area (Å²) in [5.74, 6) is -0.841. The number of carbonyl (C=O) groups is 2. The van der Waals surface area contributed by atoms with Crippen molar-refractivity contribution in [3.8, 4) is 0 Å². The number of rotatable bonds is 13. The maximum absolute atomic E-state index is 14.0. The van der Waals surface area contributed by atoms with E-state index in [9.17, 15) is 23.1 Å². The number of aliphatic hydroxyl groups excluding tert-OH is 1. The van der Waals surface area contributed by atoms with Crippen molar-refractivity contribution >= 4 is 32.8 Å². The number of aliphatic hydroxyl groups is 1. The van der Waals surface area contributed by atoms with Crippen LogP contribution in [0.1, 0.15) is 46.6 Å². The second kappa shape index (κ2) is 14.5. The summed E-state index contributed by atoms with van der Waals surface area (Å²) < 4.78 is 34.6. The third-order valence-corrected chi connectivity index (χ3v) is 8.57. The van der Waals surface area contributed by atoms with Crippen LogP contribution >= 0.6 is 0 Å². The lowest BCUT2D eigenvalue weighted by Gasteiger charge is -2.38. The lowest BCUT2D eigenvalue weighted by atomic mass is 9.91. The zero-order valence-corrected chi connectivity index (χ0v) is 27.1. The summed E-state index contributed by atoms with van der Waals surface area (Å²) in [7, 11) is -0.561. The van der Waals surface area contributed by atoms with Gasteiger partial charge >= 0.3 is 0 Å². The van der Waals surface area contributed by atoms with E-state index in [1.807, 2.05) is 65.0 Å². The van der Waals surface area contributed by atoms with Gasteiger partial charge in [0.05, 0.1) is 29.8 Å². The Labute approximate surface area is 255 Å². The number of hydrogen-bond donors (Lipinski definition) is 2. The first-order chi connectivity index (χ1) is 20.1. The minimum Gasteiger partial charge on any atom is -0.464 e. The van der Waals surface area contributed by atoms with Gasteiger partial charge in [-0.3, -0.25) is 15.0 Å². The van der Waals surface area contributed by atoms with E-state index in [0.717, 1.165) is 5.56 Å². The highest BCUT2D eigenvalue weighted by Gasteiger charge is 2.37. The Kier molecular flexibility index (Phi) is 11.5. The molecule has 0 aliphatic heterocycles. The summed E-state index contributed by atoms with van der Waals surface area (Å²) in [4.78, 5) is 28.5. The molecule has 1 aromatic heterocycles. The molecule has 3 rings (SSSR count). The minimum atomic E-state index is -4.05. The largest absolute Gasteiger partial charge is 0.464 e. The summed E-state index contributed by atoms with van der Waals surface area (Å²) >= 11 is 0. The molecule has 0 bridgehead atoms. The zero-order chi connectivity index (χ0) is 31.9. The molecule has 10 nitrogen and oxygen atoms in total. The predicted octanol–water partition coefficient (Wildman–Crippen LogP) is 3.91. The number of likely N-dealkylation sites (N-methyl/N-ethyl adjacent to an activating group) is 1.